The molecule has 0 aliphatic rings. The minimum absolute atomic E-state index is 0.0558. The summed E-state index contributed by atoms with van der Waals surface area (Å²) in [7, 11) is 0. The van der Waals surface area contributed by atoms with Crippen molar-refractivity contribution >= 4 is 54.2 Å². The molecule has 0 radical (unpaired) electrons. The molecule has 16 nitrogen and oxygen atoms in total. The van der Waals surface area contributed by atoms with E-state index in [0.717, 1.165) is 0 Å². The standard InChI is InChI=1S/C18H32N8O8S/c19-8(7-35)14(30)24-9(3-4-12(20)27)15(31)26-11(6-13(28)29)16(32)25-10(17(33)34)2-1-5-23-18(21)22/h8-11,35H,1-7,19H2,(H2,20,27)(H,24,30)(H,25,32)(H,26,31)(H,28,29)(H,33,34)(H4,21,22,23). The summed E-state index contributed by atoms with van der Waals surface area (Å²) in [5.41, 5.74) is 21.0. The summed E-state index contributed by atoms with van der Waals surface area (Å²) in [5, 5.41) is 25.1. The van der Waals surface area contributed by atoms with Crippen LogP contribution in [0.15, 0.2) is 4.99 Å². The lowest BCUT2D eigenvalue weighted by Gasteiger charge is -2.24. The fraction of sp³-hybridized carbons (Fsp3) is 0.611. The predicted octanol–water partition coefficient (Wildman–Crippen LogP) is -4.42. The molecule has 4 amide bonds. The van der Waals surface area contributed by atoms with Gasteiger partial charge in [0.05, 0.1) is 12.5 Å². The van der Waals surface area contributed by atoms with Crippen molar-refractivity contribution in [3.05, 3.63) is 0 Å². The van der Waals surface area contributed by atoms with E-state index in [2.05, 4.69) is 33.6 Å². The Hall–Kier alpha value is -3.60. The number of amides is 4. The van der Waals surface area contributed by atoms with Gasteiger partial charge in [-0.25, -0.2) is 4.79 Å². The van der Waals surface area contributed by atoms with Crippen molar-refractivity contribution in [3.63, 3.8) is 0 Å². The molecule has 0 heterocycles. The predicted molar refractivity (Wildman–Crippen MR) is 126 cm³/mol. The smallest absolute Gasteiger partial charge is 0.326 e. The lowest BCUT2D eigenvalue weighted by molar-refractivity contribution is -0.143. The van der Waals surface area contributed by atoms with E-state index in [0.29, 0.717) is 0 Å². The van der Waals surface area contributed by atoms with Gasteiger partial charge in [0.2, 0.25) is 23.6 Å². The van der Waals surface area contributed by atoms with Crippen molar-refractivity contribution in [1.29, 1.82) is 0 Å². The normalized spacial score (nSPS) is 13.9. The van der Waals surface area contributed by atoms with Crippen molar-refractivity contribution < 1.29 is 39.0 Å². The number of carboxylic acid groups (broad SMARTS) is 2. The van der Waals surface area contributed by atoms with Gasteiger partial charge in [-0.15, -0.1) is 0 Å². The maximum atomic E-state index is 12.7. The molecule has 4 unspecified atom stereocenters. The maximum Gasteiger partial charge on any atom is 0.326 e. The Morgan fingerprint density at radius 1 is 0.829 bits per heavy atom. The number of nitrogens with one attached hydrogen (secondary N) is 3. The summed E-state index contributed by atoms with van der Waals surface area (Å²) in [5.74, 6) is -6.79. The number of carboxylic acids is 2. The number of aliphatic carboxylic acids is 2. The molecule has 0 saturated heterocycles. The molecule has 35 heavy (non-hydrogen) atoms. The van der Waals surface area contributed by atoms with Crippen molar-refractivity contribution in [2.24, 2.45) is 27.9 Å². The van der Waals surface area contributed by atoms with E-state index in [9.17, 15) is 33.9 Å². The van der Waals surface area contributed by atoms with Crippen LogP contribution >= 0.6 is 12.6 Å². The fourth-order valence-electron chi connectivity index (χ4n) is 2.61. The van der Waals surface area contributed by atoms with Crippen LogP contribution in [0.1, 0.15) is 32.1 Å². The zero-order valence-corrected chi connectivity index (χ0v) is 19.7. The number of hydrogen-bond acceptors (Lipinski definition) is 9. The van der Waals surface area contributed by atoms with E-state index in [-0.39, 0.29) is 43.9 Å². The van der Waals surface area contributed by atoms with Gasteiger partial charge in [-0.3, -0.25) is 29.0 Å². The molecular formula is C18H32N8O8S. The molecule has 0 aromatic carbocycles. The van der Waals surface area contributed by atoms with Crippen LogP contribution in [0.25, 0.3) is 0 Å². The summed E-state index contributed by atoms with van der Waals surface area (Å²) in [6.07, 6.45) is -1.40. The number of primary amides is 1. The minimum atomic E-state index is -1.70. The first-order chi connectivity index (χ1) is 16.3. The summed E-state index contributed by atoms with van der Waals surface area (Å²) >= 11 is 3.88. The van der Waals surface area contributed by atoms with E-state index in [1.807, 2.05) is 0 Å². The Labute approximate surface area is 206 Å². The highest BCUT2D eigenvalue weighted by Gasteiger charge is 2.31. The number of carbonyl (C=O) groups excluding carboxylic acids is 4. The Kier molecular flexibility index (Phi) is 14.4. The third-order valence-electron chi connectivity index (χ3n) is 4.42. The second-order valence-corrected chi connectivity index (χ2v) is 7.73. The van der Waals surface area contributed by atoms with Gasteiger partial charge >= 0.3 is 11.9 Å². The van der Waals surface area contributed by atoms with Gasteiger partial charge in [0, 0.05) is 18.7 Å². The number of nitrogens with zero attached hydrogens (tertiary/aromatic N) is 1. The molecular weight excluding hydrogens is 488 g/mol. The van der Waals surface area contributed by atoms with Gasteiger partial charge in [-0.1, -0.05) is 0 Å². The second-order valence-electron chi connectivity index (χ2n) is 7.36. The number of carbonyl (C=O) groups is 6. The molecule has 198 valence electrons. The molecule has 0 aromatic heterocycles. The Morgan fingerprint density at radius 2 is 1.37 bits per heavy atom. The van der Waals surface area contributed by atoms with Gasteiger partial charge in [0.25, 0.3) is 0 Å². The topological polar surface area (TPSA) is 295 Å². The van der Waals surface area contributed by atoms with Gasteiger partial charge < -0.3 is 49.1 Å². The van der Waals surface area contributed by atoms with E-state index in [1.54, 1.807) is 0 Å². The summed E-state index contributed by atoms with van der Waals surface area (Å²) in [6, 6.07) is -5.61. The van der Waals surface area contributed by atoms with Crippen LogP contribution in [0.4, 0.5) is 0 Å². The molecule has 0 spiro atoms. The molecule has 0 aliphatic carbocycles. The van der Waals surface area contributed by atoms with E-state index >= 15 is 0 Å². The second kappa shape index (κ2) is 16.1. The summed E-state index contributed by atoms with van der Waals surface area (Å²) in [6.45, 7) is 0.0902. The molecule has 0 aromatic rings. The van der Waals surface area contributed by atoms with Gasteiger partial charge in [0.15, 0.2) is 5.96 Å². The highest BCUT2D eigenvalue weighted by atomic mass is 32.1. The summed E-state index contributed by atoms with van der Waals surface area (Å²) < 4.78 is 0. The molecule has 0 fully saturated rings. The van der Waals surface area contributed by atoms with Crippen LogP contribution in [0.3, 0.4) is 0 Å². The molecule has 0 saturated carbocycles. The number of hydrogen-bond donors (Lipinski definition) is 10. The quantitative estimate of drug-likeness (QED) is 0.0377. The van der Waals surface area contributed by atoms with E-state index < -0.39 is 66.2 Å². The van der Waals surface area contributed by atoms with Crippen molar-refractivity contribution in [2.75, 3.05) is 12.3 Å². The number of rotatable bonds is 17. The molecule has 13 N–H and O–H groups in total. The number of nitrogens with two attached hydrogens (primary N) is 4. The van der Waals surface area contributed by atoms with Crippen molar-refractivity contribution in [1.82, 2.24) is 16.0 Å². The Balaban J connectivity index is 5.49. The van der Waals surface area contributed by atoms with Crippen molar-refractivity contribution in [3.8, 4) is 0 Å². The van der Waals surface area contributed by atoms with Crippen LogP contribution in [0, 0.1) is 0 Å². The average Bonchev–Trinajstić information content (AvgIpc) is 2.76. The zero-order valence-electron chi connectivity index (χ0n) is 18.8. The van der Waals surface area contributed by atoms with E-state index in [1.165, 1.54) is 0 Å². The van der Waals surface area contributed by atoms with Crippen LogP contribution in [0.2, 0.25) is 0 Å². The largest absolute Gasteiger partial charge is 0.481 e. The lowest BCUT2D eigenvalue weighted by Crippen LogP contribution is -2.57. The van der Waals surface area contributed by atoms with Gasteiger partial charge in [-0.2, -0.15) is 12.6 Å². The molecule has 0 bridgehead atoms. The van der Waals surface area contributed by atoms with Crippen LogP contribution in [-0.2, 0) is 28.8 Å². The first-order valence-corrected chi connectivity index (χ1v) is 11.0. The zero-order chi connectivity index (χ0) is 27.1. The summed E-state index contributed by atoms with van der Waals surface area (Å²) in [4.78, 5) is 75.0. The Morgan fingerprint density at radius 3 is 1.86 bits per heavy atom. The molecule has 0 rings (SSSR count). The van der Waals surface area contributed by atoms with Gasteiger partial charge in [0.1, 0.15) is 18.1 Å². The third kappa shape index (κ3) is 13.6. The number of thiol groups is 1. The number of guanidine groups is 1. The molecule has 4 atom stereocenters. The molecule has 17 heteroatoms. The SMILES string of the molecule is NC(=O)CCC(NC(=O)C(N)CS)C(=O)NC(CC(=O)O)C(=O)NC(CCCN=C(N)N)C(=O)O. The highest BCUT2D eigenvalue weighted by Crippen LogP contribution is 2.04. The maximum absolute atomic E-state index is 12.7. The van der Waals surface area contributed by atoms with E-state index in [4.69, 9.17) is 28.0 Å². The van der Waals surface area contributed by atoms with Crippen LogP contribution in [-0.4, -0.2) is 88.2 Å². The first kappa shape index (κ1) is 31.4. The fourth-order valence-corrected chi connectivity index (χ4v) is 2.77. The average molecular weight is 521 g/mol. The van der Waals surface area contributed by atoms with Gasteiger partial charge in [-0.05, 0) is 19.3 Å². The van der Waals surface area contributed by atoms with Crippen LogP contribution < -0.4 is 38.9 Å². The lowest BCUT2D eigenvalue weighted by atomic mass is 10.1. The third-order valence-corrected chi connectivity index (χ3v) is 4.81. The minimum Gasteiger partial charge on any atom is -0.481 e. The first-order valence-electron chi connectivity index (χ1n) is 10.3. The monoisotopic (exact) mass is 520 g/mol. The highest BCUT2D eigenvalue weighted by molar-refractivity contribution is 7.80. The number of aliphatic imine (C=N–C) groups is 1. The van der Waals surface area contributed by atoms with Crippen LogP contribution in [0.5, 0.6) is 0 Å². The molecule has 0 aliphatic heterocycles. The van der Waals surface area contributed by atoms with Crippen molar-refractivity contribution in [2.45, 2.75) is 56.3 Å². The Bertz CT molecular complexity index is 820.